The van der Waals surface area contributed by atoms with E-state index in [1.54, 1.807) is 0 Å². The molecule has 1 fully saturated rings. The Labute approximate surface area is 128 Å². The summed E-state index contributed by atoms with van der Waals surface area (Å²) in [6.07, 6.45) is 4.11. The van der Waals surface area contributed by atoms with E-state index in [1.807, 2.05) is 6.92 Å². The van der Waals surface area contributed by atoms with Gasteiger partial charge in [-0.25, -0.2) is 0 Å². The van der Waals surface area contributed by atoms with Gasteiger partial charge in [0, 0.05) is 12.1 Å². The summed E-state index contributed by atoms with van der Waals surface area (Å²) in [6, 6.07) is 9.21. The highest BCUT2D eigenvalue weighted by Crippen LogP contribution is 2.27. The fourth-order valence-electron chi connectivity index (χ4n) is 3.33. The van der Waals surface area contributed by atoms with Crippen molar-refractivity contribution in [3.05, 3.63) is 35.4 Å². The van der Waals surface area contributed by atoms with Gasteiger partial charge in [-0.2, -0.15) is 0 Å². The molecule has 1 aromatic carbocycles. The fourth-order valence-corrected chi connectivity index (χ4v) is 3.33. The lowest BCUT2D eigenvalue weighted by atomic mass is 9.85. The van der Waals surface area contributed by atoms with Crippen LogP contribution in [0.25, 0.3) is 0 Å². The van der Waals surface area contributed by atoms with E-state index in [-0.39, 0.29) is 11.9 Å². The summed E-state index contributed by atoms with van der Waals surface area (Å²) in [6.45, 7) is 6.70. The van der Waals surface area contributed by atoms with E-state index in [0.29, 0.717) is 18.7 Å². The quantitative estimate of drug-likeness (QED) is 0.839. The van der Waals surface area contributed by atoms with Crippen LogP contribution in [0.4, 0.5) is 0 Å². The molecule has 0 bridgehead atoms. The molecule has 21 heavy (non-hydrogen) atoms. The minimum atomic E-state index is -0.0208. The van der Waals surface area contributed by atoms with Crippen molar-refractivity contribution < 1.29 is 9.53 Å². The van der Waals surface area contributed by atoms with Crippen molar-refractivity contribution in [2.24, 2.45) is 5.92 Å². The first-order valence-electron chi connectivity index (χ1n) is 8.10. The molecule has 116 valence electrons. The first-order chi connectivity index (χ1) is 10.1. The number of hydrogen-bond donors (Lipinski definition) is 1. The molecule has 3 heteroatoms. The number of esters is 1. The van der Waals surface area contributed by atoms with E-state index >= 15 is 0 Å². The third-order valence-electron chi connectivity index (χ3n) is 4.43. The van der Waals surface area contributed by atoms with Crippen LogP contribution in [0.5, 0.6) is 0 Å². The van der Waals surface area contributed by atoms with Crippen LogP contribution in [0.2, 0.25) is 0 Å². The van der Waals surface area contributed by atoms with Gasteiger partial charge in [-0.1, -0.05) is 30.7 Å². The van der Waals surface area contributed by atoms with Gasteiger partial charge in [-0.05, 0) is 51.2 Å². The van der Waals surface area contributed by atoms with Crippen molar-refractivity contribution >= 4 is 5.97 Å². The van der Waals surface area contributed by atoms with Crippen molar-refractivity contribution in [2.75, 3.05) is 6.61 Å². The zero-order valence-electron chi connectivity index (χ0n) is 13.4. The van der Waals surface area contributed by atoms with Crippen LogP contribution in [0.15, 0.2) is 24.3 Å². The largest absolute Gasteiger partial charge is 0.466 e. The van der Waals surface area contributed by atoms with E-state index in [1.165, 1.54) is 11.1 Å². The van der Waals surface area contributed by atoms with Crippen molar-refractivity contribution in [2.45, 2.75) is 58.5 Å². The Bertz CT molecular complexity index is 472. The molecule has 0 heterocycles. The summed E-state index contributed by atoms with van der Waals surface area (Å²) in [5.41, 5.74) is 2.66. The standard InChI is InChI=1S/C18H27NO2/c1-4-21-18(20)15-9-7-10-16(12-15)19-14(3)17-11-6-5-8-13(17)2/h5-6,8,11,14-16,19H,4,7,9-10,12H2,1-3H3. The topological polar surface area (TPSA) is 38.3 Å². The Morgan fingerprint density at radius 2 is 2.14 bits per heavy atom. The number of rotatable bonds is 5. The number of carbonyl (C=O) groups excluding carboxylic acids is 1. The predicted octanol–water partition coefficient (Wildman–Crippen LogP) is 3.77. The van der Waals surface area contributed by atoms with Crippen LogP contribution in [-0.4, -0.2) is 18.6 Å². The SMILES string of the molecule is CCOC(=O)C1CCCC(NC(C)c2ccccc2C)C1. The van der Waals surface area contributed by atoms with Gasteiger partial charge >= 0.3 is 5.97 Å². The summed E-state index contributed by atoms with van der Waals surface area (Å²) in [5.74, 6) is 0.0489. The molecule has 1 saturated carbocycles. The summed E-state index contributed by atoms with van der Waals surface area (Å²) < 4.78 is 5.17. The normalized spacial score (nSPS) is 23.6. The molecule has 0 aliphatic heterocycles. The maximum atomic E-state index is 11.9. The third-order valence-corrected chi connectivity index (χ3v) is 4.43. The molecule has 1 N–H and O–H groups in total. The Kier molecular flexibility index (Phi) is 5.80. The average Bonchev–Trinajstić information content (AvgIpc) is 2.48. The van der Waals surface area contributed by atoms with Gasteiger partial charge in [-0.3, -0.25) is 4.79 Å². The molecule has 0 spiro atoms. The second-order valence-electron chi connectivity index (χ2n) is 6.06. The lowest BCUT2D eigenvalue weighted by Gasteiger charge is -2.31. The molecule has 3 unspecified atom stereocenters. The second-order valence-corrected chi connectivity index (χ2v) is 6.06. The number of aryl methyl sites for hydroxylation is 1. The van der Waals surface area contributed by atoms with Gasteiger partial charge in [0.25, 0.3) is 0 Å². The van der Waals surface area contributed by atoms with Gasteiger partial charge in [-0.15, -0.1) is 0 Å². The number of ether oxygens (including phenoxy) is 1. The maximum absolute atomic E-state index is 11.9. The Morgan fingerprint density at radius 3 is 2.86 bits per heavy atom. The van der Waals surface area contributed by atoms with E-state index in [2.05, 4.69) is 43.4 Å². The average molecular weight is 289 g/mol. The summed E-state index contributed by atoms with van der Waals surface area (Å²) >= 11 is 0. The van der Waals surface area contributed by atoms with Crippen molar-refractivity contribution in [3.63, 3.8) is 0 Å². The molecule has 0 aromatic heterocycles. The monoisotopic (exact) mass is 289 g/mol. The molecule has 0 amide bonds. The third kappa shape index (κ3) is 4.31. The predicted molar refractivity (Wildman–Crippen MR) is 85.1 cm³/mol. The first kappa shape index (κ1) is 16.0. The molecule has 1 aliphatic carbocycles. The highest BCUT2D eigenvalue weighted by Gasteiger charge is 2.29. The number of carbonyl (C=O) groups is 1. The lowest BCUT2D eigenvalue weighted by molar-refractivity contribution is -0.149. The van der Waals surface area contributed by atoms with E-state index < -0.39 is 0 Å². The van der Waals surface area contributed by atoms with Crippen LogP contribution in [0.1, 0.15) is 56.7 Å². The van der Waals surface area contributed by atoms with Crippen molar-refractivity contribution in [3.8, 4) is 0 Å². The zero-order valence-corrected chi connectivity index (χ0v) is 13.4. The van der Waals surface area contributed by atoms with Gasteiger partial charge in [0.05, 0.1) is 12.5 Å². The molecule has 1 aliphatic rings. The van der Waals surface area contributed by atoms with Gasteiger partial charge in [0.15, 0.2) is 0 Å². The molecule has 3 nitrogen and oxygen atoms in total. The van der Waals surface area contributed by atoms with E-state index in [0.717, 1.165) is 25.7 Å². The minimum Gasteiger partial charge on any atom is -0.466 e. The summed E-state index contributed by atoms with van der Waals surface area (Å²) in [7, 11) is 0. The van der Waals surface area contributed by atoms with Crippen molar-refractivity contribution in [1.82, 2.24) is 5.32 Å². The van der Waals surface area contributed by atoms with Gasteiger partial charge in [0.1, 0.15) is 0 Å². The van der Waals surface area contributed by atoms with Crippen LogP contribution >= 0.6 is 0 Å². The maximum Gasteiger partial charge on any atom is 0.308 e. The highest BCUT2D eigenvalue weighted by atomic mass is 16.5. The molecular formula is C18H27NO2. The minimum absolute atomic E-state index is 0.0208. The molecule has 3 atom stereocenters. The Morgan fingerprint density at radius 1 is 1.38 bits per heavy atom. The van der Waals surface area contributed by atoms with E-state index in [9.17, 15) is 4.79 Å². The van der Waals surface area contributed by atoms with Crippen LogP contribution in [-0.2, 0) is 9.53 Å². The summed E-state index contributed by atoms with van der Waals surface area (Å²) in [4.78, 5) is 11.9. The summed E-state index contributed by atoms with van der Waals surface area (Å²) in [5, 5.41) is 3.70. The Balaban J connectivity index is 1.93. The molecule has 0 saturated heterocycles. The van der Waals surface area contributed by atoms with Gasteiger partial charge < -0.3 is 10.1 Å². The van der Waals surface area contributed by atoms with Gasteiger partial charge in [0.2, 0.25) is 0 Å². The lowest BCUT2D eigenvalue weighted by Crippen LogP contribution is -2.38. The highest BCUT2D eigenvalue weighted by molar-refractivity contribution is 5.72. The Hall–Kier alpha value is -1.35. The van der Waals surface area contributed by atoms with E-state index in [4.69, 9.17) is 4.74 Å². The molecular weight excluding hydrogens is 262 g/mol. The molecule has 2 rings (SSSR count). The number of hydrogen-bond acceptors (Lipinski definition) is 3. The number of nitrogens with one attached hydrogen (secondary N) is 1. The number of benzene rings is 1. The fraction of sp³-hybridized carbons (Fsp3) is 0.611. The molecule has 1 aromatic rings. The zero-order chi connectivity index (χ0) is 15.2. The first-order valence-corrected chi connectivity index (χ1v) is 8.10. The second kappa shape index (κ2) is 7.60. The van der Waals surface area contributed by atoms with Crippen LogP contribution in [0, 0.1) is 12.8 Å². The smallest absolute Gasteiger partial charge is 0.308 e. The van der Waals surface area contributed by atoms with Crippen LogP contribution < -0.4 is 5.32 Å². The van der Waals surface area contributed by atoms with Crippen LogP contribution in [0.3, 0.4) is 0 Å². The molecule has 0 radical (unpaired) electrons. The van der Waals surface area contributed by atoms with Crippen molar-refractivity contribution in [1.29, 1.82) is 0 Å².